The van der Waals surface area contributed by atoms with Crippen molar-refractivity contribution in [3.8, 4) is 0 Å². The maximum Gasteiger partial charge on any atom is 0.456 e. The van der Waals surface area contributed by atoms with E-state index in [1.54, 1.807) is 6.08 Å². The third-order valence-electron chi connectivity index (χ3n) is 5.23. The molecule has 1 rings (SSSR count). The van der Waals surface area contributed by atoms with Crippen molar-refractivity contribution in [2.45, 2.75) is 76.8 Å². The third kappa shape index (κ3) is 7.60. The van der Waals surface area contributed by atoms with E-state index in [2.05, 4.69) is 11.3 Å². The van der Waals surface area contributed by atoms with Crippen molar-refractivity contribution in [3.63, 3.8) is 0 Å². The zero-order valence-electron chi connectivity index (χ0n) is 15.2. The Morgan fingerprint density at radius 3 is 2.32 bits per heavy atom. The molecule has 3 nitrogen and oxygen atoms in total. The maximum atomic E-state index is 12.6. The molecule has 0 radical (unpaired) electrons. The molecule has 0 bridgehead atoms. The highest BCUT2D eigenvalue weighted by Crippen LogP contribution is 2.36. The van der Waals surface area contributed by atoms with E-state index in [4.69, 9.17) is 4.74 Å². The van der Waals surface area contributed by atoms with Gasteiger partial charge in [-0.05, 0) is 57.3 Å². The number of hydrogen-bond donors (Lipinski definition) is 1. The zero-order chi connectivity index (χ0) is 18.9. The fourth-order valence-corrected chi connectivity index (χ4v) is 3.78. The summed E-state index contributed by atoms with van der Waals surface area (Å²) in [4.78, 5) is 12.6. The van der Waals surface area contributed by atoms with Crippen LogP contribution in [-0.2, 0) is 9.53 Å². The van der Waals surface area contributed by atoms with Crippen molar-refractivity contribution in [1.29, 1.82) is 0 Å². The first-order chi connectivity index (χ1) is 11.8. The first kappa shape index (κ1) is 22.4. The standard InChI is InChI=1S/C18H30F3NO2S/c1-4-12-17(5-2,6-3)16(23)24-15-9-7-14(8-10-15)11-13-22-25-18(19,20)21/h4,14-15,22H,1,5-13H2,2-3H3. The van der Waals surface area contributed by atoms with E-state index in [0.717, 1.165) is 38.5 Å². The predicted molar refractivity (Wildman–Crippen MR) is 95.9 cm³/mol. The molecule has 0 aromatic rings. The fourth-order valence-electron chi connectivity index (χ4n) is 3.40. The van der Waals surface area contributed by atoms with E-state index in [9.17, 15) is 18.0 Å². The van der Waals surface area contributed by atoms with Gasteiger partial charge in [-0.25, -0.2) is 0 Å². The molecule has 146 valence electrons. The minimum absolute atomic E-state index is 0.0662. The van der Waals surface area contributed by atoms with Crippen molar-refractivity contribution in [3.05, 3.63) is 12.7 Å². The van der Waals surface area contributed by atoms with Gasteiger partial charge in [-0.3, -0.25) is 9.52 Å². The number of ether oxygens (including phenoxy) is 1. The molecule has 0 atom stereocenters. The van der Waals surface area contributed by atoms with Gasteiger partial charge >= 0.3 is 11.5 Å². The van der Waals surface area contributed by atoms with Gasteiger partial charge in [0.25, 0.3) is 0 Å². The van der Waals surface area contributed by atoms with Crippen LogP contribution in [0.25, 0.3) is 0 Å². The highest BCUT2D eigenvalue weighted by atomic mass is 32.2. The second-order valence-electron chi connectivity index (χ2n) is 6.76. The number of nitrogens with one attached hydrogen (secondary N) is 1. The Hall–Kier alpha value is -0.690. The molecule has 1 N–H and O–H groups in total. The zero-order valence-corrected chi connectivity index (χ0v) is 16.0. The predicted octanol–water partition coefficient (Wildman–Crippen LogP) is 5.62. The average Bonchev–Trinajstić information content (AvgIpc) is 2.57. The first-order valence-corrected chi connectivity index (χ1v) is 9.87. The summed E-state index contributed by atoms with van der Waals surface area (Å²) in [6, 6.07) is 0. The van der Waals surface area contributed by atoms with Crippen LogP contribution in [0.3, 0.4) is 0 Å². The van der Waals surface area contributed by atoms with E-state index >= 15 is 0 Å². The molecule has 25 heavy (non-hydrogen) atoms. The summed E-state index contributed by atoms with van der Waals surface area (Å²) in [6.07, 6.45) is 7.87. The SMILES string of the molecule is C=CCC(CC)(CC)C(=O)OC1CCC(CCNSC(F)(F)F)CC1. The van der Waals surface area contributed by atoms with Crippen LogP contribution >= 0.6 is 11.9 Å². The normalized spacial score (nSPS) is 21.8. The lowest BCUT2D eigenvalue weighted by Gasteiger charge is -2.33. The molecule has 0 heterocycles. The van der Waals surface area contributed by atoms with Crippen molar-refractivity contribution in [2.24, 2.45) is 11.3 Å². The largest absolute Gasteiger partial charge is 0.462 e. The van der Waals surface area contributed by atoms with Crippen LogP contribution in [0.2, 0.25) is 0 Å². The number of hydrogen-bond acceptors (Lipinski definition) is 4. The van der Waals surface area contributed by atoms with Gasteiger partial charge in [-0.1, -0.05) is 19.9 Å². The molecule has 1 fully saturated rings. The van der Waals surface area contributed by atoms with E-state index in [0.29, 0.717) is 25.3 Å². The van der Waals surface area contributed by atoms with Crippen LogP contribution in [-0.4, -0.2) is 24.1 Å². The van der Waals surface area contributed by atoms with Crippen LogP contribution in [0.1, 0.15) is 65.2 Å². The monoisotopic (exact) mass is 381 g/mol. The first-order valence-electron chi connectivity index (χ1n) is 9.06. The quantitative estimate of drug-likeness (QED) is 0.231. The Kier molecular flexibility index (Phi) is 9.35. The van der Waals surface area contributed by atoms with Gasteiger partial charge in [-0.15, -0.1) is 6.58 Å². The highest BCUT2D eigenvalue weighted by molar-refractivity contribution is 7.98. The van der Waals surface area contributed by atoms with Crippen molar-refractivity contribution < 1.29 is 22.7 Å². The molecule has 7 heteroatoms. The van der Waals surface area contributed by atoms with Crippen molar-refractivity contribution >= 4 is 17.9 Å². The Morgan fingerprint density at radius 2 is 1.84 bits per heavy atom. The number of carbonyl (C=O) groups is 1. The number of rotatable bonds is 10. The molecule has 0 saturated heterocycles. The van der Waals surface area contributed by atoms with Gasteiger partial charge in [-0.2, -0.15) is 13.2 Å². The minimum Gasteiger partial charge on any atom is -0.462 e. The van der Waals surface area contributed by atoms with Crippen LogP contribution in [0.15, 0.2) is 12.7 Å². The summed E-state index contributed by atoms with van der Waals surface area (Å²) in [7, 11) is 0. The third-order valence-corrected chi connectivity index (χ3v) is 5.81. The van der Waals surface area contributed by atoms with E-state index in [1.165, 1.54) is 0 Å². The topological polar surface area (TPSA) is 38.3 Å². The van der Waals surface area contributed by atoms with E-state index in [-0.39, 0.29) is 24.0 Å². The van der Waals surface area contributed by atoms with Crippen LogP contribution in [0, 0.1) is 11.3 Å². The van der Waals surface area contributed by atoms with Crippen LogP contribution in [0.5, 0.6) is 0 Å². The van der Waals surface area contributed by atoms with Gasteiger partial charge in [0.2, 0.25) is 0 Å². The lowest BCUT2D eigenvalue weighted by atomic mass is 9.79. The van der Waals surface area contributed by atoms with E-state index < -0.39 is 10.9 Å². The second-order valence-corrected chi connectivity index (χ2v) is 7.71. The summed E-state index contributed by atoms with van der Waals surface area (Å²) in [5.74, 6) is 0.260. The Balaban J connectivity index is 2.34. The Morgan fingerprint density at radius 1 is 1.24 bits per heavy atom. The fraction of sp³-hybridized carbons (Fsp3) is 0.833. The van der Waals surface area contributed by atoms with Gasteiger partial charge in [0.05, 0.1) is 5.41 Å². The summed E-state index contributed by atoms with van der Waals surface area (Å²) < 4.78 is 44.3. The number of allylic oxidation sites excluding steroid dienone is 1. The van der Waals surface area contributed by atoms with Gasteiger partial charge in [0.1, 0.15) is 6.10 Å². The number of halogens is 3. The number of esters is 1. The molecule has 0 spiro atoms. The molecule has 0 unspecified atom stereocenters. The summed E-state index contributed by atoms with van der Waals surface area (Å²) >= 11 is -0.184. The summed E-state index contributed by atoms with van der Waals surface area (Å²) in [5.41, 5.74) is -4.71. The van der Waals surface area contributed by atoms with Gasteiger partial charge in [0.15, 0.2) is 0 Å². The van der Waals surface area contributed by atoms with E-state index in [1.807, 2.05) is 13.8 Å². The average molecular weight is 382 g/mol. The van der Waals surface area contributed by atoms with Crippen molar-refractivity contribution in [2.75, 3.05) is 6.54 Å². The molecule has 0 aromatic heterocycles. The lowest BCUT2D eigenvalue weighted by molar-refractivity contribution is -0.164. The molecular weight excluding hydrogens is 351 g/mol. The second kappa shape index (κ2) is 10.5. The molecule has 0 aromatic carbocycles. The van der Waals surface area contributed by atoms with Crippen LogP contribution in [0.4, 0.5) is 13.2 Å². The molecule has 0 aliphatic heterocycles. The van der Waals surface area contributed by atoms with Crippen molar-refractivity contribution in [1.82, 2.24) is 4.72 Å². The maximum absolute atomic E-state index is 12.6. The molecular formula is C18H30F3NO2S. The minimum atomic E-state index is -4.23. The molecule has 0 amide bonds. The van der Waals surface area contributed by atoms with Gasteiger partial charge in [0, 0.05) is 18.5 Å². The van der Waals surface area contributed by atoms with Crippen LogP contribution < -0.4 is 4.72 Å². The smallest absolute Gasteiger partial charge is 0.456 e. The number of carbonyl (C=O) groups excluding carboxylic acids is 1. The van der Waals surface area contributed by atoms with Gasteiger partial charge < -0.3 is 4.74 Å². The molecule has 1 aliphatic carbocycles. The highest BCUT2D eigenvalue weighted by Gasteiger charge is 2.37. The summed E-state index contributed by atoms with van der Waals surface area (Å²) in [5, 5.41) is 0. The number of alkyl halides is 3. The summed E-state index contributed by atoms with van der Waals surface area (Å²) in [6.45, 7) is 8.08. The Bertz CT molecular complexity index is 417. The Labute approximate surface area is 153 Å². The lowest BCUT2D eigenvalue weighted by Crippen LogP contribution is -2.35. The molecule has 1 saturated carbocycles. The molecule has 1 aliphatic rings.